The predicted octanol–water partition coefficient (Wildman–Crippen LogP) is 4.12. The van der Waals surface area contributed by atoms with Gasteiger partial charge in [0.15, 0.2) is 5.82 Å². The molecular weight excluding hydrogens is 388 g/mol. The van der Waals surface area contributed by atoms with Crippen molar-refractivity contribution in [3.8, 4) is 0 Å². The number of carbonyl (C=O) groups is 2. The zero-order valence-corrected chi connectivity index (χ0v) is 18.2. The third kappa shape index (κ3) is 3.84. The maximum absolute atomic E-state index is 13.2. The van der Waals surface area contributed by atoms with Crippen LogP contribution in [0.25, 0.3) is 0 Å². The average Bonchev–Trinajstić information content (AvgIpc) is 3.48. The Kier molecular flexibility index (Phi) is 5.47. The highest BCUT2D eigenvalue weighted by molar-refractivity contribution is 5.95. The second kappa shape index (κ2) is 8.40. The predicted molar refractivity (Wildman–Crippen MR) is 118 cm³/mol. The van der Waals surface area contributed by atoms with Crippen LogP contribution < -0.4 is 4.90 Å². The fraction of sp³-hybridized carbons (Fsp3) is 0.520. The van der Waals surface area contributed by atoms with Crippen LogP contribution in [0.15, 0.2) is 30.3 Å². The zero-order valence-electron chi connectivity index (χ0n) is 18.2. The van der Waals surface area contributed by atoms with Crippen molar-refractivity contribution in [2.24, 2.45) is 5.92 Å². The fourth-order valence-corrected chi connectivity index (χ4v) is 5.39. The number of hydrogen-bond acceptors (Lipinski definition) is 4. The molecule has 6 heteroatoms. The number of aromatic nitrogens is 2. The van der Waals surface area contributed by atoms with E-state index in [0.29, 0.717) is 25.2 Å². The van der Waals surface area contributed by atoms with Crippen molar-refractivity contribution >= 4 is 17.6 Å². The SMILES string of the molecule is Cc1nc([C@H]2CCCN2C(=O)C2CCCC2)nc2c1CCC(=O)N2Cc1ccccc1. The molecule has 2 fully saturated rings. The van der Waals surface area contributed by atoms with Crippen LogP contribution in [0.4, 0.5) is 5.82 Å². The lowest BCUT2D eigenvalue weighted by Crippen LogP contribution is -2.38. The molecule has 2 aliphatic heterocycles. The van der Waals surface area contributed by atoms with Crippen LogP contribution in [0.1, 0.15) is 73.6 Å². The Morgan fingerprint density at radius 1 is 1.03 bits per heavy atom. The number of anilines is 1. The smallest absolute Gasteiger partial charge is 0.228 e. The number of aryl methyl sites for hydroxylation is 1. The van der Waals surface area contributed by atoms with Gasteiger partial charge < -0.3 is 4.90 Å². The summed E-state index contributed by atoms with van der Waals surface area (Å²) in [6.07, 6.45) is 7.36. The second-order valence-corrected chi connectivity index (χ2v) is 9.11. The van der Waals surface area contributed by atoms with E-state index in [0.717, 1.165) is 67.7 Å². The van der Waals surface area contributed by atoms with E-state index in [1.54, 1.807) is 0 Å². The van der Waals surface area contributed by atoms with Crippen LogP contribution in [0.3, 0.4) is 0 Å². The molecule has 0 N–H and O–H groups in total. The maximum Gasteiger partial charge on any atom is 0.228 e. The number of rotatable bonds is 4. The lowest BCUT2D eigenvalue weighted by molar-refractivity contribution is -0.136. The number of likely N-dealkylation sites (tertiary alicyclic amines) is 1. The Labute approximate surface area is 183 Å². The first-order valence-electron chi connectivity index (χ1n) is 11.6. The van der Waals surface area contributed by atoms with Crippen molar-refractivity contribution in [2.45, 2.75) is 70.9 Å². The van der Waals surface area contributed by atoms with Crippen LogP contribution in [0.2, 0.25) is 0 Å². The molecule has 1 aliphatic carbocycles. The largest absolute Gasteiger partial charge is 0.332 e. The van der Waals surface area contributed by atoms with E-state index < -0.39 is 0 Å². The van der Waals surface area contributed by atoms with Gasteiger partial charge in [-0.15, -0.1) is 0 Å². The summed E-state index contributed by atoms with van der Waals surface area (Å²) in [6, 6.07) is 9.97. The van der Waals surface area contributed by atoms with Crippen LogP contribution in [0.5, 0.6) is 0 Å². The van der Waals surface area contributed by atoms with Crippen molar-refractivity contribution in [1.82, 2.24) is 14.9 Å². The summed E-state index contributed by atoms with van der Waals surface area (Å²) in [7, 11) is 0. The van der Waals surface area contributed by atoms with Gasteiger partial charge in [-0.3, -0.25) is 14.5 Å². The van der Waals surface area contributed by atoms with Crippen LogP contribution in [-0.4, -0.2) is 33.2 Å². The van der Waals surface area contributed by atoms with Gasteiger partial charge in [-0.1, -0.05) is 43.2 Å². The molecule has 6 nitrogen and oxygen atoms in total. The van der Waals surface area contributed by atoms with E-state index in [2.05, 4.69) is 0 Å². The standard InChI is InChI=1S/C25H30N4O2/c1-17-20-13-14-22(30)29(16-18-8-3-2-4-9-18)24(20)27-23(26-17)21-12-7-15-28(21)25(31)19-10-5-6-11-19/h2-4,8-9,19,21H,5-7,10-16H2,1H3/t21-/m1/s1. The summed E-state index contributed by atoms with van der Waals surface area (Å²) >= 11 is 0. The van der Waals surface area contributed by atoms with Crippen molar-refractivity contribution in [1.29, 1.82) is 0 Å². The Morgan fingerprint density at radius 3 is 2.58 bits per heavy atom. The van der Waals surface area contributed by atoms with Gasteiger partial charge in [0.05, 0.1) is 12.6 Å². The highest BCUT2D eigenvalue weighted by Crippen LogP contribution is 2.37. The molecule has 0 unspecified atom stereocenters. The number of nitrogens with zero attached hydrogens (tertiary/aromatic N) is 4. The van der Waals surface area contributed by atoms with Gasteiger partial charge >= 0.3 is 0 Å². The third-order valence-corrected chi connectivity index (χ3v) is 7.08. The van der Waals surface area contributed by atoms with Gasteiger partial charge in [0, 0.05) is 30.1 Å². The van der Waals surface area contributed by atoms with Gasteiger partial charge in [0.25, 0.3) is 0 Å². The maximum atomic E-state index is 13.2. The first kappa shape index (κ1) is 20.2. The lowest BCUT2D eigenvalue weighted by Gasteiger charge is -2.31. The van der Waals surface area contributed by atoms with Crippen LogP contribution >= 0.6 is 0 Å². The quantitative estimate of drug-likeness (QED) is 0.749. The van der Waals surface area contributed by atoms with Crippen LogP contribution in [-0.2, 0) is 22.6 Å². The normalized spacial score (nSPS) is 21.6. The number of carbonyl (C=O) groups excluding carboxylic acids is 2. The lowest BCUT2D eigenvalue weighted by atomic mass is 10.0. The molecule has 31 heavy (non-hydrogen) atoms. The topological polar surface area (TPSA) is 66.4 Å². The summed E-state index contributed by atoms with van der Waals surface area (Å²) in [5.74, 6) is 1.98. The Balaban J connectivity index is 1.47. The van der Waals surface area contributed by atoms with Crippen molar-refractivity contribution in [3.63, 3.8) is 0 Å². The molecule has 1 aromatic carbocycles. The van der Waals surface area contributed by atoms with Crippen LogP contribution in [0, 0.1) is 12.8 Å². The summed E-state index contributed by atoms with van der Waals surface area (Å²) < 4.78 is 0. The highest BCUT2D eigenvalue weighted by Gasteiger charge is 2.38. The molecule has 1 saturated heterocycles. The van der Waals surface area contributed by atoms with Gasteiger partial charge in [-0.25, -0.2) is 9.97 Å². The molecule has 162 valence electrons. The second-order valence-electron chi connectivity index (χ2n) is 9.11. The fourth-order valence-electron chi connectivity index (χ4n) is 5.39. The summed E-state index contributed by atoms with van der Waals surface area (Å²) in [5.41, 5.74) is 3.08. The molecule has 1 aromatic heterocycles. The van der Waals surface area contributed by atoms with Crippen molar-refractivity contribution in [2.75, 3.05) is 11.4 Å². The Bertz CT molecular complexity index is 985. The third-order valence-electron chi connectivity index (χ3n) is 7.08. The Morgan fingerprint density at radius 2 is 1.81 bits per heavy atom. The summed E-state index contributed by atoms with van der Waals surface area (Å²) in [5, 5.41) is 0. The summed E-state index contributed by atoms with van der Waals surface area (Å²) in [4.78, 5) is 39.6. The van der Waals surface area contributed by atoms with E-state index in [4.69, 9.17) is 9.97 Å². The minimum atomic E-state index is -0.0762. The van der Waals surface area contributed by atoms with Gasteiger partial charge in [-0.05, 0) is 44.6 Å². The number of fused-ring (bicyclic) bond motifs is 1. The monoisotopic (exact) mass is 418 g/mol. The van der Waals surface area contributed by atoms with E-state index >= 15 is 0 Å². The first-order valence-corrected chi connectivity index (χ1v) is 11.6. The first-order chi connectivity index (χ1) is 15.1. The zero-order chi connectivity index (χ0) is 21.4. The molecule has 1 saturated carbocycles. The molecule has 1 atom stereocenters. The number of amides is 2. The molecule has 2 aromatic rings. The van der Waals surface area contributed by atoms with Gasteiger partial charge in [0.1, 0.15) is 5.82 Å². The number of benzene rings is 1. The summed E-state index contributed by atoms with van der Waals surface area (Å²) in [6.45, 7) is 3.31. The molecule has 0 spiro atoms. The molecule has 5 rings (SSSR count). The molecule has 0 bridgehead atoms. The Hall–Kier alpha value is -2.76. The van der Waals surface area contributed by atoms with Crippen molar-refractivity contribution in [3.05, 3.63) is 53.0 Å². The molecule has 3 aliphatic rings. The van der Waals surface area contributed by atoms with E-state index in [1.807, 2.05) is 47.1 Å². The molecule has 2 amide bonds. The molecular formula is C25H30N4O2. The van der Waals surface area contributed by atoms with E-state index in [1.165, 1.54) is 0 Å². The van der Waals surface area contributed by atoms with Gasteiger partial charge in [0.2, 0.25) is 11.8 Å². The number of hydrogen-bond donors (Lipinski definition) is 0. The molecule has 0 radical (unpaired) electrons. The minimum absolute atomic E-state index is 0.0762. The highest BCUT2D eigenvalue weighted by atomic mass is 16.2. The van der Waals surface area contributed by atoms with E-state index in [9.17, 15) is 9.59 Å². The molecule has 3 heterocycles. The average molecular weight is 419 g/mol. The van der Waals surface area contributed by atoms with Gasteiger partial charge in [-0.2, -0.15) is 0 Å². The van der Waals surface area contributed by atoms with E-state index in [-0.39, 0.29) is 23.8 Å². The minimum Gasteiger partial charge on any atom is -0.332 e. The van der Waals surface area contributed by atoms with Crippen molar-refractivity contribution < 1.29 is 9.59 Å².